The summed E-state index contributed by atoms with van der Waals surface area (Å²) >= 11 is 15.1. The Morgan fingerprint density at radius 2 is 1.92 bits per heavy atom. The van der Waals surface area contributed by atoms with Crippen LogP contribution < -0.4 is 5.32 Å². The summed E-state index contributed by atoms with van der Waals surface area (Å²) in [6.07, 6.45) is 2.44. The zero-order valence-electron chi connectivity index (χ0n) is 13.8. The third kappa shape index (κ3) is 5.68. The van der Waals surface area contributed by atoms with E-state index in [4.69, 9.17) is 28.6 Å². The summed E-state index contributed by atoms with van der Waals surface area (Å²) in [4.78, 5) is 2.17. The minimum atomic E-state index is 0.236. The van der Waals surface area contributed by atoms with Crippen LogP contribution in [0.1, 0.15) is 18.4 Å². The molecule has 2 aromatic rings. The number of benzene rings is 2. The lowest BCUT2D eigenvalue weighted by molar-refractivity contribution is 0.0905. The quantitative estimate of drug-likeness (QED) is 0.623. The first-order chi connectivity index (χ1) is 12.1. The molecule has 0 amide bonds. The van der Waals surface area contributed by atoms with Gasteiger partial charge >= 0.3 is 0 Å². The number of ether oxygens (including phenoxy) is 1. The van der Waals surface area contributed by atoms with E-state index in [0.717, 1.165) is 42.7 Å². The number of nitrogens with one attached hydrogen (secondary N) is 1. The predicted octanol–water partition coefficient (Wildman–Crippen LogP) is 5.48. The molecular formula is C19H20BrClN2OS. The normalized spacial score (nSPS) is 16.6. The monoisotopic (exact) mass is 438 g/mol. The summed E-state index contributed by atoms with van der Waals surface area (Å²) in [6.45, 7) is 2.37. The lowest BCUT2D eigenvalue weighted by Crippen LogP contribution is -2.39. The van der Waals surface area contributed by atoms with Crippen molar-refractivity contribution in [1.82, 2.24) is 4.90 Å². The van der Waals surface area contributed by atoms with Crippen LogP contribution in [0.5, 0.6) is 0 Å². The molecule has 0 radical (unpaired) electrons. The lowest BCUT2D eigenvalue weighted by atomic mass is 10.2. The van der Waals surface area contributed by atoms with E-state index in [-0.39, 0.29) is 6.10 Å². The molecule has 0 spiro atoms. The molecule has 0 aromatic heterocycles. The van der Waals surface area contributed by atoms with Crippen LogP contribution in [0, 0.1) is 0 Å². The van der Waals surface area contributed by atoms with Gasteiger partial charge in [-0.25, -0.2) is 0 Å². The summed E-state index contributed by atoms with van der Waals surface area (Å²) in [5, 5.41) is 4.71. The van der Waals surface area contributed by atoms with Gasteiger partial charge in [-0.1, -0.05) is 39.7 Å². The number of rotatable bonds is 5. The molecule has 1 aliphatic heterocycles. The van der Waals surface area contributed by atoms with Gasteiger partial charge in [0.05, 0.1) is 6.10 Å². The average molecular weight is 440 g/mol. The topological polar surface area (TPSA) is 24.5 Å². The van der Waals surface area contributed by atoms with Gasteiger partial charge in [0.15, 0.2) is 5.11 Å². The van der Waals surface area contributed by atoms with Crippen LogP contribution in [-0.4, -0.2) is 29.3 Å². The van der Waals surface area contributed by atoms with Crippen molar-refractivity contribution in [3.05, 3.63) is 63.6 Å². The Morgan fingerprint density at radius 1 is 1.20 bits per heavy atom. The molecule has 2 aromatic carbocycles. The van der Waals surface area contributed by atoms with E-state index in [2.05, 4.69) is 50.4 Å². The number of nitrogens with zero attached hydrogens (tertiary/aromatic N) is 1. The highest BCUT2D eigenvalue weighted by atomic mass is 79.9. The number of halogens is 2. The maximum absolute atomic E-state index is 5.95. The van der Waals surface area contributed by atoms with Gasteiger partial charge < -0.3 is 15.0 Å². The molecule has 0 bridgehead atoms. The van der Waals surface area contributed by atoms with E-state index in [1.54, 1.807) is 0 Å². The van der Waals surface area contributed by atoms with Gasteiger partial charge in [-0.3, -0.25) is 0 Å². The Balaban J connectivity index is 1.70. The molecule has 3 nitrogen and oxygen atoms in total. The van der Waals surface area contributed by atoms with Crippen molar-refractivity contribution in [2.75, 3.05) is 18.5 Å². The van der Waals surface area contributed by atoms with Crippen molar-refractivity contribution in [2.24, 2.45) is 0 Å². The molecule has 0 aliphatic carbocycles. The molecule has 1 fully saturated rings. The van der Waals surface area contributed by atoms with Gasteiger partial charge in [0, 0.05) is 34.9 Å². The van der Waals surface area contributed by atoms with Crippen LogP contribution in [0.3, 0.4) is 0 Å². The van der Waals surface area contributed by atoms with Crippen molar-refractivity contribution in [3.63, 3.8) is 0 Å². The molecule has 25 heavy (non-hydrogen) atoms. The molecular weight excluding hydrogens is 420 g/mol. The van der Waals surface area contributed by atoms with Crippen LogP contribution in [-0.2, 0) is 11.3 Å². The lowest BCUT2D eigenvalue weighted by Gasteiger charge is -2.28. The Hall–Kier alpha value is -1.14. The Bertz CT molecular complexity index is 702. The second-order valence-corrected chi connectivity index (χ2v) is 7.82. The molecule has 6 heteroatoms. The third-order valence-corrected chi connectivity index (χ3v) is 5.26. The molecule has 3 rings (SSSR count). The summed E-state index contributed by atoms with van der Waals surface area (Å²) in [5.74, 6) is 0. The van der Waals surface area contributed by atoms with Crippen molar-refractivity contribution < 1.29 is 4.74 Å². The van der Waals surface area contributed by atoms with Gasteiger partial charge in [-0.05, 0) is 67.0 Å². The standard InChI is InChI=1S/C19H20BrClN2OS/c20-15-5-3-14(4-6-15)12-23(13-18-2-1-11-24-18)19(25)22-17-9-7-16(21)8-10-17/h3-10,18H,1-2,11-13H2,(H,22,25). The minimum Gasteiger partial charge on any atom is -0.376 e. The Kier molecular flexibility index (Phi) is 6.70. The predicted molar refractivity (Wildman–Crippen MR) is 111 cm³/mol. The molecule has 1 unspecified atom stereocenters. The summed E-state index contributed by atoms with van der Waals surface area (Å²) < 4.78 is 6.88. The molecule has 1 atom stereocenters. The van der Waals surface area contributed by atoms with Crippen molar-refractivity contribution in [3.8, 4) is 0 Å². The zero-order chi connectivity index (χ0) is 17.6. The van der Waals surface area contributed by atoms with Crippen LogP contribution in [0.4, 0.5) is 5.69 Å². The number of hydrogen-bond acceptors (Lipinski definition) is 2. The first kappa shape index (κ1) is 18.6. The highest BCUT2D eigenvalue weighted by Crippen LogP contribution is 2.19. The van der Waals surface area contributed by atoms with Crippen molar-refractivity contribution in [1.29, 1.82) is 0 Å². The van der Waals surface area contributed by atoms with Gasteiger partial charge in [0.2, 0.25) is 0 Å². The van der Waals surface area contributed by atoms with E-state index in [1.165, 1.54) is 5.56 Å². The number of thiocarbonyl (C=S) groups is 1. The largest absolute Gasteiger partial charge is 0.376 e. The van der Waals surface area contributed by atoms with Crippen LogP contribution >= 0.6 is 39.7 Å². The van der Waals surface area contributed by atoms with Gasteiger partial charge in [0.25, 0.3) is 0 Å². The number of anilines is 1. The van der Waals surface area contributed by atoms with E-state index in [1.807, 2.05) is 24.3 Å². The first-order valence-electron chi connectivity index (χ1n) is 8.28. The number of hydrogen-bond donors (Lipinski definition) is 1. The summed E-state index contributed by atoms with van der Waals surface area (Å²) in [6, 6.07) is 15.9. The van der Waals surface area contributed by atoms with Crippen molar-refractivity contribution >= 4 is 50.5 Å². The van der Waals surface area contributed by atoms with Crippen LogP contribution in [0.15, 0.2) is 53.0 Å². The van der Waals surface area contributed by atoms with E-state index >= 15 is 0 Å². The summed E-state index contributed by atoms with van der Waals surface area (Å²) in [7, 11) is 0. The highest BCUT2D eigenvalue weighted by Gasteiger charge is 2.21. The fraction of sp³-hybridized carbons (Fsp3) is 0.316. The molecule has 1 saturated heterocycles. The van der Waals surface area contributed by atoms with E-state index in [9.17, 15) is 0 Å². The fourth-order valence-corrected chi connectivity index (χ4v) is 3.45. The highest BCUT2D eigenvalue weighted by molar-refractivity contribution is 9.10. The van der Waals surface area contributed by atoms with Gasteiger partial charge in [-0.15, -0.1) is 0 Å². The first-order valence-corrected chi connectivity index (χ1v) is 9.85. The molecule has 1 N–H and O–H groups in total. The second-order valence-electron chi connectivity index (χ2n) is 6.08. The molecule has 1 aliphatic rings. The average Bonchev–Trinajstić information content (AvgIpc) is 3.11. The maximum atomic E-state index is 5.95. The SMILES string of the molecule is S=C(Nc1ccc(Cl)cc1)N(Cc1ccc(Br)cc1)CC1CCCO1. The molecule has 132 valence electrons. The Morgan fingerprint density at radius 3 is 2.56 bits per heavy atom. The fourth-order valence-electron chi connectivity index (χ4n) is 2.80. The zero-order valence-corrected chi connectivity index (χ0v) is 16.9. The Labute approximate surface area is 167 Å². The molecule has 0 saturated carbocycles. The van der Waals surface area contributed by atoms with Gasteiger partial charge in [0.1, 0.15) is 0 Å². The smallest absolute Gasteiger partial charge is 0.173 e. The van der Waals surface area contributed by atoms with Crippen LogP contribution in [0.25, 0.3) is 0 Å². The van der Waals surface area contributed by atoms with Crippen molar-refractivity contribution in [2.45, 2.75) is 25.5 Å². The summed E-state index contributed by atoms with van der Waals surface area (Å²) in [5.41, 5.74) is 2.14. The molecule has 1 heterocycles. The van der Waals surface area contributed by atoms with Gasteiger partial charge in [-0.2, -0.15) is 0 Å². The second kappa shape index (κ2) is 8.99. The van der Waals surface area contributed by atoms with E-state index in [0.29, 0.717) is 10.1 Å². The maximum Gasteiger partial charge on any atom is 0.173 e. The van der Waals surface area contributed by atoms with Crippen LogP contribution in [0.2, 0.25) is 5.02 Å². The van der Waals surface area contributed by atoms with E-state index < -0.39 is 0 Å². The minimum absolute atomic E-state index is 0.236. The third-order valence-electron chi connectivity index (χ3n) is 4.12.